The molecule has 0 aliphatic rings. The van der Waals surface area contributed by atoms with Gasteiger partial charge in [0.2, 0.25) is 5.91 Å². The molecule has 6 nitrogen and oxygen atoms in total. The van der Waals surface area contributed by atoms with Crippen LogP contribution in [0.15, 0.2) is 47.1 Å². The molecule has 2 N–H and O–H groups in total. The summed E-state index contributed by atoms with van der Waals surface area (Å²) in [4.78, 5) is 23.4. The van der Waals surface area contributed by atoms with E-state index in [9.17, 15) is 9.59 Å². The number of methoxy groups -OCH3 is 1. The Bertz CT molecular complexity index is 623. The number of hydrogen-bond donors (Lipinski definition) is 2. The Morgan fingerprint density at radius 2 is 1.95 bits per heavy atom. The first-order valence-corrected chi connectivity index (χ1v) is 6.90. The minimum atomic E-state index is -0.299. The highest BCUT2D eigenvalue weighted by atomic mass is 16.5. The van der Waals surface area contributed by atoms with Crippen molar-refractivity contribution in [2.24, 2.45) is 0 Å². The highest BCUT2D eigenvalue weighted by Crippen LogP contribution is 2.12. The van der Waals surface area contributed by atoms with E-state index in [1.165, 1.54) is 6.26 Å². The van der Waals surface area contributed by atoms with Crippen molar-refractivity contribution in [3.05, 3.63) is 54.0 Å². The highest BCUT2D eigenvalue weighted by molar-refractivity contribution is 5.91. The molecule has 116 valence electrons. The standard InChI is InChI=1S/C16H18N2O4/c1-21-13-5-2-4-12(10-13)11-15(19)17-7-8-18-16(20)14-6-3-9-22-14/h2-6,9-10H,7-8,11H2,1H3,(H,17,19)(H,18,20). The molecule has 0 saturated carbocycles. The van der Waals surface area contributed by atoms with E-state index >= 15 is 0 Å². The van der Waals surface area contributed by atoms with Crippen molar-refractivity contribution in [3.8, 4) is 5.75 Å². The average Bonchev–Trinajstić information content (AvgIpc) is 3.06. The summed E-state index contributed by atoms with van der Waals surface area (Å²) in [6, 6.07) is 10.6. The van der Waals surface area contributed by atoms with Crippen LogP contribution in [0.25, 0.3) is 0 Å². The van der Waals surface area contributed by atoms with Crippen molar-refractivity contribution in [3.63, 3.8) is 0 Å². The van der Waals surface area contributed by atoms with Crippen LogP contribution in [0.1, 0.15) is 16.1 Å². The molecule has 0 fully saturated rings. The number of carbonyl (C=O) groups excluding carboxylic acids is 2. The van der Waals surface area contributed by atoms with Crippen molar-refractivity contribution in [1.82, 2.24) is 10.6 Å². The second-order valence-corrected chi connectivity index (χ2v) is 4.61. The van der Waals surface area contributed by atoms with Gasteiger partial charge in [-0.15, -0.1) is 0 Å². The number of furan rings is 1. The van der Waals surface area contributed by atoms with E-state index in [1.807, 2.05) is 24.3 Å². The number of ether oxygens (including phenoxy) is 1. The van der Waals surface area contributed by atoms with Gasteiger partial charge in [0, 0.05) is 13.1 Å². The molecule has 0 atom stereocenters. The Morgan fingerprint density at radius 3 is 2.68 bits per heavy atom. The van der Waals surface area contributed by atoms with Crippen LogP contribution in [0, 0.1) is 0 Å². The van der Waals surface area contributed by atoms with Gasteiger partial charge in [0.15, 0.2) is 5.76 Å². The maximum Gasteiger partial charge on any atom is 0.287 e. The minimum Gasteiger partial charge on any atom is -0.497 e. The lowest BCUT2D eigenvalue weighted by molar-refractivity contribution is -0.120. The summed E-state index contributed by atoms with van der Waals surface area (Å²) < 4.78 is 10.1. The first-order valence-electron chi connectivity index (χ1n) is 6.90. The van der Waals surface area contributed by atoms with Crippen LogP contribution in [0.5, 0.6) is 5.75 Å². The van der Waals surface area contributed by atoms with Gasteiger partial charge in [0.05, 0.1) is 19.8 Å². The second-order valence-electron chi connectivity index (χ2n) is 4.61. The van der Waals surface area contributed by atoms with Crippen LogP contribution in [-0.2, 0) is 11.2 Å². The van der Waals surface area contributed by atoms with E-state index < -0.39 is 0 Å². The van der Waals surface area contributed by atoms with E-state index in [1.54, 1.807) is 19.2 Å². The lowest BCUT2D eigenvalue weighted by Gasteiger charge is -2.07. The van der Waals surface area contributed by atoms with E-state index in [-0.39, 0.29) is 24.0 Å². The van der Waals surface area contributed by atoms with E-state index in [2.05, 4.69) is 10.6 Å². The summed E-state index contributed by atoms with van der Waals surface area (Å²) in [6.45, 7) is 0.693. The zero-order chi connectivity index (χ0) is 15.8. The molecule has 0 spiro atoms. The summed E-state index contributed by atoms with van der Waals surface area (Å²) in [5, 5.41) is 5.40. The second kappa shape index (κ2) is 7.87. The van der Waals surface area contributed by atoms with Gasteiger partial charge in [-0.1, -0.05) is 12.1 Å². The molecule has 0 radical (unpaired) electrons. The topological polar surface area (TPSA) is 80.6 Å². The quantitative estimate of drug-likeness (QED) is 0.757. The van der Waals surface area contributed by atoms with Crippen LogP contribution < -0.4 is 15.4 Å². The van der Waals surface area contributed by atoms with Crippen LogP contribution >= 0.6 is 0 Å². The third kappa shape index (κ3) is 4.66. The molecular formula is C16H18N2O4. The number of rotatable bonds is 7. The van der Waals surface area contributed by atoms with Crippen LogP contribution in [0.2, 0.25) is 0 Å². The van der Waals surface area contributed by atoms with Gasteiger partial charge in [0.25, 0.3) is 5.91 Å². The third-order valence-electron chi connectivity index (χ3n) is 2.98. The molecule has 1 heterocycles. The van der Waals surface area contributed by atoms with Crippen molar-refractivity contribution < 1.29 is 18.7 Å². The number of amides is 2. The Labute approximate surface area is 128 Å². The van der Waals surface area contributed by atoms with Crippen molar-refractivity contribution in [2.75, 3.05) is 20.2 Å². The fraction of sp³-hybridized carbons (Fsp3) is 0.250. The zero-order valence-corrected chi connectivity index (χ0v) is 12.3. The van der Waals surface area contributed by atoms with E-state index in [0.717, 1.165) is 11.3 Å². The average molecular weight is 302 g/mol. The normalized spacial score (nSPS) is 10.0. The monoisotopic (exact) mass is 302 g/mol. The molecule has 0 unspecified atom stereocenters. The summed E-state index contributed by atoms with van der Waals surface area (Å²) in [6.07, 6.45) is 1.70. The largest absolute Gasteiger partial charge is 0.497 e. The Balaban J connectivity index is 1.68. The molecule has 0 aliphatic carbocycles. The van der Waals surface area contributed by atoms with Crippen molar-refractivity contribution in [2.45, 2.75) is 6.42 Å². The molecule has 0 bridgehead atoms. The molecule has 0 aliphatic heterocycles. The number of nitrogens with one attached hydrogen (secondary N) is 2. The lowest BCUT2D eigenvalue weighted by atomic mass is 10.1. The van der Waals surface area contributed by atoms with Gasteiger partial charge in [-0.2, -0.15) is 0 Å². The van der Waals surface area contributed by atoms with Gasteiger partial charge in [-0.25, -0.2) is 0 Å². The van der Waals surface area contributed by atoms with Crippen LogP contribution in [0.3, 0.4) is 0 Å². The van der Waals surface area contributed by atoms with Gasteiger partial charge >= 0.3 is 0 Å². The smallest absolute Gasteiger partial charge is 0.287 e. The van der Waals surface area contributed by atoms with E-state index in [4.69, 9.17) is 9.15 Å². The SMILES string of the molecule is COc1cccc(CC(=O)NCCNC(=O)c2ccco2)c1. The highest BCUT2D eigenvalue weighted by Gasteiger charge is 2.08. The first-order chi connectivity index (χ1) is 10.7. The number of carbonyl (C=O) groups is 2. The summed E-state index contributed by atoms with van der Waals surface area (Å²) in [7, 11) is 1.58. The summed E-state index contributed by atoms with van der Waals surface area (Å²) in [5.41, 5.74) is 0.872. The molecule has 6 heteroatoms. The Kier molecular flexibility index (Phi) is 5.59. The molecule has 2 aromatic rings. The van der Waals surface area contributed by atoms with Crippen molar-refractivity contribution >= 4 is 11.8 Å². The predicted octanol–water partition coefficient (Wildman–Crippen LogP) is 1.38. The van der Waals surface area contributed by atoms with Crippen LogP contribution in [0.4, 0.5) is 0 Å². The molecule has 2 amide bonds. The molecule has 2 rings (SSSR count). The molecular weight excluding hydrogens is 284 g/mol. The maximum atomic E-state index is 11.8. The Hall–Kier alpha value is -2.76. The van der Waals surface area contributed by atoms with Gasteiger partial charge in [0.1, 0.15) is 5.75 Å². The van der Waals surface area contributed by atoms with Gasteiger partial charge in [-0.3, -0.25) is 9.59 Å². The Morgan fingerprint density at radius 1 is 1.14 bits per heavy atom. The molecule has 0 saturated heterocycles. The summed E-state index contributed by atoms with van der Waals surface area (Å²) in [5.74, 6) is 0.561. The molecule has 22 heavy (non-hydrogen) atoms. The first kappa shape index (κ1) is 15.6. The van der Waals surface area contributed by atoms with Crippen LogP contribution in [-0.4, -0.2) is 32.0 Å². The zero-order valence-electron chi connectivity index (χ0n) is 12.3. The fourth-order valence-corrected chi connectivity index (χ4v) is 1.90. The minimum absolute atomic E-state index is 0.111. The number of hydrogen-bond acceptors (Lipinski definition) is 4. The van der Waals surface area contributed by atoms with Gasteiger partial charge < -0.3 is 19.8 Å². The lowest BCUT2D eigenvalue weighted by Crippen LogP contribution is -2.35. The predicted molar refractivity (Wildman–Crippen MR) is 80.7 cm³/mol. The van der Waals surface area contributed by atoms with E-state index in [0.29, 0.717) is 13.1 Å². The maximum absolute atomic E-state index is 11.8. The molecule has 1 aromatic carbocycles. The van der Waals surface area contributed by atoms with Crippen molar-refractivity contribution in [1.29, 1.82) is 0 Å². The fourth-order valence-electron chi connectivity index (χ4n) is 1.90. The molecule has 1 aromatic heterocycles. The summed E-state index contributed by atoms with van der Waals surface area (Å²) >= 11 is 0. The number of benzene rings is 1. The van der Waals surface area contributed by atoms with Gasteiger partial charge in [-0.05, 0) is 29.8 Å². The third-order valence-corrected chi connectivity index (χ3v) is 2.98.